The lowest BCUT2D eigenvalue weighted by molar-refractivity contribution is 0.0693. The number of hydrogen-bond donors (Lipinski definition) is 1. The van der Waals surface area contributed by atoms with E-state index in [0.29, 0.717) is 23.0 Å². The van der Waals surface area contributed by atoms with Gasteiger partial charge in [-0.05, 0) is 44.0 Å². The Bertz CT molecular complexity index is 766. The summed E-state index contributed by atoms with van der Waals surface area (Å²) in [4.78, 5) is 14.7. The van der Waals surface area contributed by atoms with Gasteiger partial charge in [-0.1, -0.05) is 12.8 Å². The molecule has 2 N–H and O–H groups in total. The number of nitriles is 1. The third-order valence-corrected chi connectivity index (χ3v) is 4.65. The Morgan fingerprint density at radius 1 is 1.38 bits per heavy atom. The van der Waals surface area contributed by atoms with Crippen molar-refractivity contribution < 1.29 is 4.79 Å². The third-order valence-electron chi connectivity index (χ3n) is 4.65. The van der Waals surface area contributed by atoms with Crippen molar-refractivity contribution in [3.8, 4) is 11.8 Å². The molecule has 6 nitrogen and oxygen atoms in total. The van der Waals surface area contributed by atoms with E-state index in [0.717, 1.165) is 25.1 Å². The SMILES string of the molecule is CCN(C(=O)c1ccc(-n2ncc(C#N)c2N)cc1)C1CCCC1. The number of hydrogen-bond acceptors (Lipinski definition) is 4. The number of carbonyl (C=O) groups excluding carboxylic acids is 1. The zero-order valence-corrected chi connectivity index (χ0v) is 13.8. The fraction of sp³-hybridized carbons (Fsp3) is 0.389. The quantitative estimate of drug-likeness (QED) is 0.937. The van der Waals surface area contributed by atoms with Crippen LogP contribution < -0.4 is 5.73 Å². The predicted molar refractivity (Wildman–Crippen MR) is 91.7 cm³/mol. The Kier molecular flexibility index (Phi) is 4.52. The van der Waals surface area contributed by atoms with E-state index in [1.165, 1.54) is 23.7 Å². The van der Waals surface area contributed by atoms with Gasteiger partial charge in [0.15, 0.2) is 0 Å². The normalized spacial score (nSPS) is 14.5. The number of anilines is 1. The summed E-state index contributed by atoms with van der Waals surface area (Å²) in [5.41, 5.74) is 7.64. The highest BCUT2D eigenvalue weighted by molar-refractivity contribution is 5.94. The average molecular weight is 323 g/mol. The van der Waals surface area contributed by atoms with Crippen LogP contribution in [0.25, 0.3) is 5.69 Å². The summed E-state index contributed by atoms with van der Waals surface area (Å²) >= 11 is 0. The number of aromatic nitrogens is 2. The topological polar surface area (TPSA) is 87.9 Å². The van der Waals surface area contributed by atoms with E-state index in [1.807, 2.05) is 17.9 Å². The molecule has 0 aliphatic heterocycles. The maximum Gasteiger partial charge on any atom is 0.254 e. The molecular weight excluding hydrogens is 302 g/mol. The lowest BCUT2D eigenvalue weighted by Crippen LogP contribution is -2.38. The van der Waals surface area contributed by atoms with E-state index in [2.05, 4.69) is 5.10 Å². The van der Waals surface area contributed by atoms with Crippen molar-refractivity contribution in [3.05, 3.63) is 41.6 Å². The van der Waals surface area contributed by atoms with Gasteiger partial charge < -0.3 is 10.6 Å². The summed E-state index contributed by atoms with van der Waals surface area (Å²) < 4.78 is 1.50. The van der Waals surface area contributed by atoms with Gasteiger partial charge in [0.05, 0.1) is 11.9 Å². The van der Waals surface area contributed by atoms with Crippen LogP contribution in [0.5, 0.6) is 0 Å². The van der Waals surface area contributed by atoms with Gasteiger partial charge in [0.1, 0.15) is 17.5 Å². The molecule has 1 fully saturated rings. The van der Waals surface area contributed by atoms with E-state index in [4.69, 9.17) is 11.0 Å². The van der Waals surface area contributed by atoms with Crippen molar-refractivity contribution in [3.63, 3.8) is 0 Å². The zero-order valence-electron chi connectivity index (χ0n) is 13.8. The summed E-state index contributed by atoms with van der Waals surface area (Å²) in [5, 5.41) is 13.1. The van der Waals surface area contributed by atoms with Crippen molar-refractivity contribution >= 4 is 11.7 Å². The molecule has 0 spiro atoms. The van der Waals surface area contributed by atoms with Crippen molar-refractivity contribution in [2.45, 2.75) is 38.6 Å². The fourth-order valence-corrected chi connectivity index (χ4v) is 3.34. The predicted octanol–water partition coefficient (Wildman–Crippen LogP) is 2.73. The third kappa shape index (κ3) is 2.85. The number of amides is 1. The minimum Gasteiger partial charge on any atom is -0.382 e. The van der Waals surface area contributed by atoms with Gasteiger partial charge in [-0.15, -0.1) is 0 Å². The van der Waals surface area contributed by atoms with Gasteiger partial charge >= 0.3 is 0 Å². The molecular formula is C18H21N5O. The molecule has 0 radical (unpaired) electrons. The second-order valence-corrected chi connectivity index (χ2v) is 6.04. The molecule has 1 aliphatic carbocycles. The van der Waals surface area contributed by atoms with Crippen LogP contribution in [0.3, 0.4) is 0 Å². The first-order chi connectivity index (χ1) is 11.7. The molecule has 1 aliphatic rings. The van der Waals surface area contributed by atoms with E-state index in [9.17, 15) is 4.79 Å². The first-order valence-corrected chi connectivity index (χ1v) is 8.30. The van der Waals surface area contributed by atoms with Crippen LogP contribution in [-0.4, -0.2) is 33.2 Å². The molecule has 0 saturated heterocycles. The second-order valence-electron chi connectivity index (χ2n) is 6.04. The first kappa shape index (κ1) is 16.1. The average Bonchev–Trinajstić information content (AvgIpc) is 3.25. The van der Waals surface area contributed by atoms with E-state index >= 15 is 0 Å². The minimum atomic E-state index is 0.0714. The van der Waals surface area contributed by atoms with Crippen LogP contribution in [0.2, 0.25) is 0 Å². The van der Waals surface area contributed by atoms with Gasteiger partial charge in [-0.25, -0.2) is 4.68 Å². The van der Waals surface area contributed by atoms with Crippen LogP contribution in [-0.2, 0) is 0 Å². The van der Waals surface area contributed by atoms with E-state index in [-0.39, 0.29) is 5.91 Å². The molecule has 124 valence electrons. The maximum atomic E-state index is 12.8. The number of nitrogens with two attached hydrogens (primary N) is 1. The van der Waals surface area contributed by atoms with Crippen molar-refractivity contribution in [1.82, 2.24) is 14.7 Å². The summed E-state index contributed by atoms with van der Waals surface area (Å²) in [5.74, 6) is 0.375. The number of nitrogen functional groups attached to an aromatic ring is 1. The summed E-state index contributed by atoms with van der Waals surface area (Å²) in [7, 11) is 0. The van der Waals surface area contributed by atoms with Gasteiger partial charge in [0, 0.05) is 18.2 Å². The van der Waals surface area contributed by atoms with Crippen LogP contribution in [0.15, 0.2) is 30.5 Å². The maximum absolute atomic E-state index is 12.8. The van der Waals surface area contributed by atoms with Crippen LogP contribution >= 0.6 is 0 Å². The Morgan fingerprint density at radius 3 is 2.58 bits per heavy atom. The fourth-order valence-electron chi connectivity index (χ4n) is 3.34. The highest BCUT2D eigenvalue weighted by Crippen LogP contribution is 2.25. The Morgan fingerprint density at radius 2 is 2.04 bits per heavy atom. The Hall–Kier alpha value is -2.81. The molecule has 1 amide bonds. The Labute approximate surface area is 141 Å². The van der Waals surface area contributed by atoms with Crippen molar-refractivity contribution in [1.29, 1.82) is 5.26 Å². The zero-order chi connectivity index (χ0) is 17.1. The summed E-state index contributed by atoms with van der Waals surface area (Å²) in [6.07, 6.45) is 6.03. The Balaban J connectivity index is 1.82. The van der Waals surface area contributed by atoms with Gasteiger partial charge in [0.25, 0.3) is 5.91 Å². The smallest absolute Gasteiger partial charge is 0.254 e. The molecule has 0 bridgehead atoms. The number of benzene rings is 1. The van der Waals surface area contributed by atoms with Crippen LogP contribution in [0.4, 0.5) is 5.82 Å². The monoisotopic (exact) mass is 323 g/mol. The second kappa shape index (κ2) is 6.75. The number of carbonyl (C=O) groups is 1. The highest BCUT2D eigenvalue weighted by atomic mass is 16.2. The molecule has 6 heteroatoms. The van der Waals surface area contributed by atoms with Gasteiger partial charge in [-0.3, -0.25) is 4.79 Å². The number of nitrogens with zero attached hydrogens (tertiary/aromatic N) is 4. The summed E-state index contributed by atoms with van der Waals surface area (Å²) in [6, 6.07) is 9.56. The van der Waals surface area contributed by atoms with Crippen molar-refractivity contribution in [2.75, 3.05) is 12.3 Å². The molecule has 1 saturated carbocycles. The van der Waals surface area contributed by atoms with Gasteiger partial charge in [-0.2, -0.15) is 10.4 Å². The molecule has 0 atom stereocenters. The summed E-state index contributed by atoms with van der Waals surface area (Å²) in [6.45, 7) is 2.75. The minimum absolute atomic E-state index is 0.0714. The molecule has 2 aromatic rings. The standard InChI is InChI=1S/C18H21N5O/c1-2-22(15-5-3-4-6-15)18(24)13-7-9-16(10-8-13)23-17(20)14(11-19)12-21-23/h7-10,12,15H,2-6,20H2,1H3. The number of rotatable bonds is 4. The molecule has 1 heterocycles. The van der Waals surface area contributed by atoms with E-state index in [1.54, 1.807) is 24.3 Å². The highest BCUT2D eigenvalue weighted by Gasteiger charge is 2.26. The van der Waals surface area contributed by atoms with Crippen LogP contribution in [0, 0.1) is 11.3 Å². The largest absolute Gasteiger partial charge is 0.382 e. The lowest BCUT2D eigenvalue weighted by atomic mass is 10.1. The van der Waals surface area contributed by atoms with Crippen LogP contribution in [0.1, 0.15) is 48.5 Å². The molecule has 0 unspecified atom stereocenters. The van der Waals surface area contributed by atoms with Gasteiger partial charge in [0.2, 0.25) is 0 Å². The van der Waals surface area contributed by atoms with Crippen molar-refractivity contribution in [2.24, 2.45) is 0 Å². The molecule has 3 rings (SSSR count). The lowest BCUT2D eigenvalue weighted by Gasteiger charge is -2.27. The van der Waals surface area contributed by atoms with E-state index < -0.39 is 0 Å². The molecule has 24 heavy (non-hydrogen) atoms. The molecule has 1 aromatic carbocycles. The molecule has 1 aromatic heterocycles. The first-order valence-electron chi connectivity index (χ1n) is 8.30.